The molecule has 1 aromatic heterocycles. The fraction of sp³-hybridized carbons (Fsp3) is 0.350. The number of nitrogens with zero attached hydrogens (tertiary/aromatic N) is 1. The largest absolute Gasteiger partial charge is 0.457 e. The lowest BCUT2D eigenvalue weighted by Gasteiger charge is -2.12. The zero-order chi connectivity index (χ0) is 17.9. The molecule has 0 spiro atoms. The Balaban J connectivity index is 0.000000471. The van der Waals surface area contributed by atoms with Crippen molar-refractivity contribution in [3.8, 4) is 11.5 Å². The maximum atomic E-state index is 6.03. The van der Waals surface area contributed by atoms with Gasteiger partial charge in [-0.3, -0.25) is 5.10 Å². The summed E-state index contributed by atoms with van der Waals surface area (Å²) < 4.78 is 6.03. The highest BCUT2D eigenvalue weighted by molar-refractivity contribution is 5.82. The SMILES string of the molecule is CC(C)C.Cc1cc(N)cc(C)c1Oc1ccc2n[nH]c(C)c2c1. The van der Waals surface area contributed by atoms with Gasteiger partial charge in [0.25, 0.3) is 0 Å². The molecule has 0 saturated heterocycles. The zero-order valence-electron chi connectivity index (χ0n) is 15.4. The Morgan fingerprint density at radius 1 is 1.00 bits per heavy atom. The van der Waals surface area contributed by atoms with Gasteiger partial charge in [0.05, 0.1) is 5.52 Å². The van der Waals surface area contributed by atoms with Crippen molar-refractivity contribution in [2.45, 2.75) is 41.5 Å². The molecule has 24 heavy (non-hydrogen) atoms. The summed E-state index contributed by atoms with van der Waals surface area (Å²) in [7, 11) is 0. The van der Waals surface area contributed by atoms with Crippen molar-refractivity contribution in [1.82, 2.24) is 10.2 Å². The third-order valence-electron chi connectivity index (χ3n) is 3.42. The molecule has 0 atom stereocenters. The van der Waals surface area contributed by atoms with Gasteiger partial charge in [0.1, 0.15) is 11.5 Å². The highest BCUT2D eigenvalue weighted by Gasteiger charge is 2.08. The number of aryl methyl sites for hydroxylation is 3. The lowest BCUT2D eigenvalue weighted by Crippen LogP contribution is -1.94. The molecule has 4 heteroatoms. The first-order valence-corrected chi connectivity index (χ1v) is 8.27. The van der Waals surface area contributed by atoms with Crippen molar-refractivity contribution in [2.24, 2.45) is 5.92 Å². The topological polar surface area (TPSA) is 63.9 Å². The summed E-state index contributed by atoms with van der Waals surface area (Å²) in [4.78, 5) is 0. The van der Waals surface area contributed by atoms with Crippen LogP contribution in [0.25, 0.3) is 10.9 Å². The Labute approximate surface area is 144 Å². The Bertz CT molecular complexity index is 808. The van der Waals surface area contributed by atoms with E-state index in [-0.39, 0.29) is 0 Å². The predicted octanol–water partition coefficient (Wildman–Crippen LogP) is 5.52. The van der Waals surface area contributed by atoms with Crippen molar-refractivity contribution in [1.29, 1.82) is 0 Å². The second-order valence-corrected chi connectivity index (χ2v) is 6.85. The number of fused-ring (bicyclic) bond motifs is 1. The molecule has 1 heterocycles. The predicted molar refractivity (Wildman–Crippen MR) is 102 cm³/mol. The summed E-state index contributed by atoms with van der Waals surface area (Å²) in [5.74, 6) is 2.50. The summed E-state index contributed by atoms with van der Waals surface area (Å²) in [6, 6.07) is 9.73. The fourth-order valence-electron chi connectivity index (χ4n) is 2.44. The van der Waals surface area contributed by atoms with Gasteiger partial charge < -0.3 is 10.5 Å². The Morgan fingerprint density at radius 3 is 2.17 bits per heavy atom. The molecule has 0 amide bonds. The van der Waals surface area contributed by atoms with Crippen LogP contribution in [0.5, 0.6) is 11.5 Å². The number of benzene rings is 2. The fourth-order valence-corrected chi connectivity index (χ4v) is 2.44. The van der Waals surface area contributed by atoms with Crippen molar-refractivity contribution >= 4 is 16.6 Å². The minimum atomic E-state index is 0.758. The number of nitrogens with one attached hydrogen (secondary N) is 1. The lowest BCUT2D eigenvalue weighted by molar-refractivity contribution is 0.476. The number of aromatic amines is 1. The summed E-state index contributed by atoms with van der Waals surface area (Å²) in [5.41, 5.74) is 10.6. The van der Waals surface area contributed by atoms with E-state index in [2.05, 4.69) is 31.0 Å². The number of aromatic nitrogens is 2. The van der Waals surface area contributed by atoms with E-state index in [1.807, 2.05) is 51.1 Å². The van der Waals surface area contributed by atoms with E-state index < -0.39 is 0 Å². The van der Waals surface area contributed by atoms with Gasteiger partial charge in [0, 0.05) is 16.8 Å². The first-order valence-electron chi connectivity index (χ1n) is 8.27. The molecule has 0 aliphatic heterocycles. The van der Waals surface area contributed by atoms with Crippen LogP contribution in [0.15, 0.2) is 30.3 Å². The van der Waals surface area contributed by atoms with E-state index in [0.29, 0.717) is 0 Å². The van der Waals surface area contributed by atoms with Crippen molar-refractivity contribution in [3.05, 3.63) is 47.2 Å². The molecule has 128 valence electrons. The monoisotopic (exact) mass is 325 g/mol. The number of anilines is 1. The summed E-state index contributed by atoms with van der Waals surface area (Å²) in [6.45, 7) is 12.5. The number of ether oxygens (including phenoxy) is 1. The van der Waals surface area contributed by atoms with Gasteiger partial charge in [-0.05, 0) is 68.1 Å². The van der Waals surface area contributed by atoms with E-state index in [9.17, 15) is 0 Å². The van der Waals surface area contributed by atoms with Gasteiger partial charge in [-0.15, -0.1) is 0 Å². The Morgan fingerprint density at radius 2 is 1.58 bits per heavy atom. The van der Waals surface area contributed by atoms with Crippen molar-refractivity contribution < 1.29 is 4.74 Å². The lowest BCUT2D eigenvalue weighted by atomic mass is 10.1. The van der Waals surface area contributed by atoms with Gasteiger partial charge in [-0.25, -0.2) is 0 Å². The van der Waals surface area contributed by atoms with Gasteiger partial charge in [-0.1, -0.05) is 20.8 Å². The van der Waals surface area contributed by atoms with Gasteiger partial charge in [0.2, 0.25) is 0 Å². The molecule has 0 aliphatic rings. The second kappa shape index (κ2) is 7.39. The maximum Gasteiger partial charge on any atom is 0.133 e. The molecule has 4 nitrogen and oxygen atoms in total. The molecule has 0 aliphatic carbocycles. The highest BCUT2D eigenvalue weighted by atomic mass is 16.5. The van der Waals surface area contributed by atoms with E-state index in [4.69, 9.17) is 10.5 Å². The minimum Gasteiger partial charge on any atom is -0.457 e. The van der Waals surface area contributed by atoms with E-state index in [1.54, 1.807) is 0 Å². The molecule has 3 N–H and O–H groups in total. The Hall–Kier alpha value is -2.49. The maximum absolute atomic E-state index is 6.03. The smallest absolute Gasteiger partial charge is 0.133 e. The molecule has 0 fully saturated rings. The number of hydrogen-bond acceptors (Lipinski definition) is 3. The van der Waals surface area contributed by atoms with Crippen LogP contribution in [0.4, 0.5) is 5.69 Å². The Kier molecular flexibility index (Phi) is 5.50. The van der Waals surface area contributed by atoms with Crippen LogP contribution < -0.4 is 10.5 Å². The molecule has 0 saturated carbocycles. The van der Waals surface area contributed by atoms with Crippen LogP contribution in [-0.4, -0.2) is 10.2 Å². The molecule has 0 radical (unpaired) electrons. The van der Waals surface area contributed by atoms with Crippen LogP contribution in [0.3, 0.4) is 0 Å². The molecule has 3 rings (SSSR count). The van der Waals surface area contributed by atoms with Crippen LogP contribution in [0.1, 0.15) is 37.6 Å². The number of hydrogen-bond donors (Lipinski definition) is 2. The van der Waals surface area contributed by atoms with Crippen LogP contribution in [0, 0.1) is 26.7 Å². The van der Waals surface area contributed by atoms with E-state index >= 15 is 0 Å². The number of nitrogen functional groups attached to an aromatic ring is 1. The second-order valence-electron chi connectivity index (χ2n) is 6.85. The molecular formula is C20H27N3O. The average molecular weight is 325 g/mol. The van der Waals surface area contributed by atoms with Crippen LogP contribution in [-0.2, 0) is 0 Å². The van der Waals surface area contributed by atoms with Crippen LogP contribution >= 0.6 is 0 Å². The summed E-state index contributed by atoms with van der Waals surface area (Å²) in [5, 5.41) is 8.27. The molecule has 3 aromatic rings. The number of H-pyrrole nitrogens is 1. The normalized spacial score (nSPS) is 10.6. The first-order chi connectivity index (χ1) is 11.3. The quantitative estimate of drug-likeness (QED) is 0.609. The molecular weight excluding hydrogens is 298 g/mol. The summed E-state index contributed by atoms with van der Waals surface area (Å²) >= 11 is 0. The van der Waals surface area contributed by atoms with Gasteiger partial charge >= 0.3 is 0 Å². The van der Waals surface area contributed by atoms with Crippen molar-refractivity contribution in [3.63, 3.8) is 0 Å². The average Bonchev–Trinajstić information content (AvgIpc) is 2.83. The molecule has 0 unspecified atom stereocenters. The number of nitrogens with two attached hydrogens (primary N) is 1. The van der Waals surface area contributed by atoms with Crippen molar-refractivity contribution in [2.75, 3.05) is 5.73 Å². The number of rotatable bonds is 2. The van der Waals surface area contributed by atoms with Crippen LogP contribution in [0.2, 0.25) is 0 Å². The first kappa shape index (κ1) is 17.9. The minimum absolute atomic E-state index is 0.758. The van der Waals surface area contributed by atoms with E-state index in [1.165, 1.54) is 0 Å². The van der Waals surface area contributed by atoms with E-state index in [0.717, 1.165) is 50.8 Å². The molecule has 0 bridgehead atoms. The third kappa shape index (κ3) is 4.28. The molecule has 2 aromatic carbocycles. The third-order valence-corrected chi connectivity index (χ3v) is 3.42. The highest BCUT2D eigenvalue weighted by Crippen LogP contribution is 2.32. The van der Waals surface area contributed by atoms with Gasteiger partial charge in [-0.2, -0.15) is 5.10 Å². The van der Waals surface area contributed by atoms with Gasteiger partial charge in [0.15, 0.2) is 0 Å². The standard InChI is InChI=1S/C16H17N3O.C4H10/c1-9-6-12(17)7-10(2)16(9)20-13-4-5-15-14(8-13)11(3)18-19-15;1-4(2)3/h4-8H,17H2,1-3H3,(H,18,19);4H,1-3H3. The summed E-state index contributed by atoms with van der Waals surface area (Å²) in [6.07, 6.45) is 0. The zero-order valence-corrected chi connectivity index (χ0v) is 15.4.